The molecule has 0 unspecified atom stereocenters. The van der Waals surface area contributed by atoms with Crippen molar-refractivity contribution in [3.63, 3.8) is 0 Å². The number of nitrogens with zero attached hydrogens (tertiary/aromatic N) is 2. The molecule has 0 amide bonds. The summed E-state index contributed by atoms with van der Waals surface area (Å²) in [5.74, 6) is -0.417. The monoisotopic (exact) mass is 310 g/mol. The van der Waals surface area contributed by atoms with Crippen molar-refractivity contribution < 1.29 is 9.47 Å². The molecular weight excluding hydrogens is 276 g/mol. The van der Waals surface area contributed by atoms with E-state index in [0.29, 0.717) is 12.1 Å². The number of hydrogen-bond donors (Lipinski definition) is 0. The van der Waals surface area contributed by atoms with Crippen LogP contribution >= 0.6 is 0 Å². The molecule has 0 N–H and O–H groups in total. The van der Waals surface area contributed by atoms with Crippen molar-refractivity contribution in [2.24, 2.45) is 9.98 Å². The number of aliphatic imine (C=N–C) groups is 2. The Balaban J connectivity index is 0.000000295. The van der Waals surface area contributed by atoms with Gasteiger partial charge in [0.15, 0.2) is 5.79 Å². The standard InChI is InChI=1S/C13H22N2.C5H12O2/c1-3-7-12(8-4-1)14-11-15-13-9-5-2-6-10-13;1-5(2,6-3)7-4/h12-13H,1-10H2;1-4H3. The maximum atomic E-state index is 4.86. The van der Waals surface area contributed by atoms with Gasteiger partial charge in [0.05, 0.1) is 18.1 Å². The summed E-state index contributed by atoms with van der Waals surface area (Å²) in [7, 11) is 3.23. The summed E-state index contributed by atoms with van der Waals surface area (Å²) in [5.41, 5.74) is 0. The van der Waals surface area contributed by atoms with Crippen molar-refractivity contribution >= 4 is 6.01 Å². The normalized spacial score (nSPS) is 20.5. The van der Waals surface area contributed by atoms with E-state index in [9.17, 15) is 0 Å². The quantitative estimate of drug-likeness (QED) is 0.551. The van der Waals surface area contributed by atoms with Crippen molar-refractivity contribution in [3.8, 4) is 0 Å². The van der Waals surface area contributed by atoms with Crippen molar-refractivity contribution in [1.29, 1.82) is 0 Å². The average Bonchev–Trinajstić information content (AvgIpc) is 2.57. The van der Waals surface area contributed by atoms with Crippen LogP contribution in [0.3, 0.4) is 0 Å². The van der Waals surface area contributed by atoms with Crippen molar-refractivity contribution in [2.45, 2.75) is 95.9 Å². The molecule has 22 heavy (non-hydrogen) atoms. The fraction of sp³-hybridized carbons (Fsp3) is 0.944. The third-order valence-corrected chi connectivity index (χ3v) is 4.61. The van der Waals surface area contributed by atoms with Gasteiger partial charge in [0.25, 0.3) is 0 Å². The van der Waals surface area contributed by atoms with Gasteiger partial charge in [-0.3, -0.25) is 0 Å². The zero-order valence-corrected chi connectivity index (χ0v) is 14.9. The molecule has 2 fully saturated rings. The molecule has 0 heterocycles. The second kappa shape index (κ2) is 10.9. The third-order valence-electron chi connectivity index (χ3n) is 4.61. The van der Waals surface area contributed by atoms with E-state index < -0.39 is 5.79 Å². The second-order valence-electron chi connectivity index (χ2n) is 6.75. The van der Waals surface area contributed by atoms with E-state index in [1.54, 1.807) is 14.2 Å². The van der Waals surface area contributed by atoms with E-state index >= 15 is 0 Å². The predicted molar refractivity (Wildman–Crippen MR) is 91.7 cm³/mol. The minimum absolute atomic E-state index is 0.417. The SMILES string of the molecule is C(=NC1CCCCC1)=NC1CCCCC1.COC(C)(C)OC. The Labute approximate surface area is 136 Å². The lowest BCUT2D eigenvalue weighted by molar-refractivity contribution is -0.178. The lowest BCUT2D eigenvalue weighted by Gasteiger charge is -2.19. The molecule has 128 valence electrons. The minimum Gasteiger partial charge on any atom is -0.354 e. The zero-order valence-electron chi connectivity index (χ0n) is 14.9. The van der Waals surface area contributed by atoms with Crippen LogP contribution in [0.1, 0.15) is 78.1 Å². The molecule has 4 nitrogen and oxygen atoms in total. The first kappa shape index (κ1) is 19.3. The highest BCUT2D eigenvalue weighted by Gasteiger charge is 2.13. The van der Waals surface area contributed by atoms with Crippen molar-refractivity contribution in [3.05, 3.63) is 0 Å². The van der Waals surface area contributed by atoms with E-state index in [-0.39, 0.29) is 0 Å². The van der Waals surface area contributed by atoms with Crippen molar-refractivity contribution in [2.75, 3.05) is 14.2 Å². The number of methoxy groups -OCH3 is 2. The molecule has 0 aromatic rings. The molecule has 0 spiro atoms. The molecular formula is C18H34N2O2. The van der Waals surface area contributed by atoms with Crippen molar-refractivity contribution in [1.82, 2.24) is 0 Å². The van der Waals surface area contributed by atoms with Gasteiger partial charge in [-0.25, -0.2) is 9.98 Å². The summed E-state index contributed by atoms with van der Waals surface area (Å²) in [6.45, 7) is 3.71. The first-order valence-corrected chi connectivity index (χ1v) is 8.82. The first-order chi connectivity index (χ1) is 10.6. The van der Waals surface area contributed by atoms with Gasteiger partial charge in [0.1, 0.15) is 0 Å². The van der Waals surface area contributed by atoms with Gasteiger partial charge in [-0.1, -0.05) is 38.5 Å². The molecule has 0 atom stereocenters. The molecule has 0 aliphatic heterocycles. The molecule has 0 bridgehead atoms. The van der Waals surface area contributed by atoms with Gasteiger partial charge in [-0.2, -0.15) is 0 Å². The van der Waals surface area contributed by atoms with Crippen LogP contribution in [0, 0.1) is 0 Å². The Bertz CT molecular complexity index is 309. The molecule has 0 aromatic carbocycles. The zero-order chi connectivity index (χ0) is 16.3. The first-order valence-electron chi connectivity index (χ1n) is 8.82. The van der Waals surface area contributed by atoms with E-state index in [2.05, 4.69) is 16.0 Å². The number of rotatable bonds is 4. The molecule has 0 aromatic heterocycles. The molecule has 2 aliphatic carbocycles. The Morgan fingerprint density at radius 1 is 0.727 bits per heavy atom. The Morgan fingerprint density at radius 3 is 1.36 bits per heavy atom. The molecule has 0 saturated heterocycles. The van der Waals surface area contributed by atoms with Gasteiger partial charge < -0.3 is 9.47 Å². The van der Waals surface area contributed by atoms with Crippen LogP contribution in [0.4, 0.5) is 0 Å². The van der Waals surface area contributed by atoms with Crippen LogP contribution in [0.25, 0.3) is 0 Å². The van der Waals surface area contributed by atoms with E-state index in [1.165, 1.54) is 64.2 Å². The average molecular weight is 310 g/mol. The second-order valence-corrected chi connectivity index (χ2v) is 6.75. The Kier molecular flexibility index (Phi) is 9.61. The van der Waals surface area contributed by atoms with Crippen LogP contribution in [-0.2, 0) is 9.47 Å². The lowest BCUT2D eigenvalue weighted by atomic mass is 9.96. The van der Waals surface area contributed by atoms with Gasteiger partial charge in [0.2, 0.25) is 0 Å². The lowest BCUT2D eigenvalue weighted by Crippen LogP contribution is -2.24. The Morgan fingerprint density at radius 2 is 1.09 bits per heavy atom. The molecule has 2 rings (SSSR count). The highest BCUT2D eigenvalue weighted by Crippen LogP contribution is 2.21. The van der Waals surface area contributed by atoms with Crippen LogP contribution in [0.15, 0.2) is 9.98 Å². The smallest absolute Gasteiger partial charge is 0.161 e. The summed E-state index contributed by atoms with van der Waals surface area (Å²) in [4.78, 5) is 8.92. The summed E-state index contributed by atoms with van der Waals surface area (Å²) >= 11 is 0. The van der Waals surface area contributed by atoms with Crippen LogP contribution in [0.5, 0.6) is 0 Å². The fourth-order valence-corrected chi connectivity index (χ4v) is 2.70. The predicted octanol–water partition coefficient (Wildman–Crippen LogP) is 4.84. The molecule has 2 saturated carbocycles. The maximum absolute atomic E-state index is 4.86. The molecule has 2 aliphatic rings. The van der Waals surface area contributed by atoms with E-state index in [0.717, 1.165) is 0 Å². The third kappa shape index (κ3) is 8.67. The topological polar surface area (TPSA) is 43.2 Å². The van der Waals surface area contributed by atoms with E-state index in [4.69, 9.17) is 9.47 Å². The fourth-order valence-electron chi connectivity index (χ4n) is 2.70. The van der Waals surface area contributed by atoms with Gasteiger partial charge >= 0.3 is 0 Å². The van der Waals surface area contributed by atoms with Gasteiger partial charge in [-0.15, -0.1) is 0 Å². The number of ether oxygens (including phenoxy) is 2. The van der Waals surface area contributed by atoms with Gasteiger partial charge in [0, 0.05) is 14.2 Å². The highest BCUT2D eigenvalue weighted by atomic mass is 16.7. The maximum Gasteiger partial charge on any atom is 0.161 e. The summed E-state index contributed by atoms with van der Waals surface area (Å²) < 4.78 is 9.73. The van der Waals surface area contributed by atoms with Crippen LogP contribution in [-0.4, -0.2) is 38.1 Å². The highest BCUT2D eigenvalue weighted by molar-refractivity contribution is 5.42. The van der Waals surface area contributed by atoms with E-state index in [1.807, 2.05) is 13.8 Å². The van der Waals surface area contributed by atoms with Crippen LogP contribution in [0.2, 0.25) is 0 Å². The minimum atomic E-state index is -0.417. The molecule has 4 heteroatoms. The summed E-state index contributed by atoms with van der Waals surface area (Å²) in [6.07, 6.45) is 13.2. The summed E-state index contributed by atoms with van der Waals surface area (Å²) in [6, 6.07) is 4.04. The summed E-state index contributed by atoms with van der Waals surface area (Å²) in [5, 5.41) is 0. The van der Waals surface area contributed by atoms with Crippen LogP contribution < -0.4 is 0 Å². The van der Waals surface area contributed by atoms with Gasteiger partial charge in [-0.05, 0) is 39.5 Å². The number of hydrogen-bond acceptors (Lipinski definition) is 4. The Hall–Kier alpha value is -0.700. The molecule has 0 radical (unpaired) electrons. The largest absolute Gasteiger partial charge is 0.354 e.